The van der Waals surface area contributed by atoms with Crippen molar-refractivity contribution >= 4 is 28.6 Å². The normalized spacial score (nSPS) is 10.8. The van der Waals surface area contributed by atoms with E-state index >= 15 is 0 Å². The number of methoxy groups -OCH3 is 1. The van der Waals surface area contributed by atoms with E-state index in [1.165, 1.54) is 0 Å². The number of fused-ring (bicyclic) bond motifs is 1. The van der Waals surface area contributed by atoms with Gasteiger partial charge in [-0.25, -0.2) is 9.78 Å². The largest absolute Gasteiger partial charge is 0.495 e. The maximum absolute atomic E-state index is 11.4. The molecule has 3 rings (SSSR count). The van der Waals surface area contributed by atoms with Crippen molar-refractivity contribution in [2.75, 3.05) is 7.11 Å². The van der Waals surface area contributed by atoms with Crippen molar-refractivity contribution in [1.29, 1.82) is 0 Å². The number of benzene rings is 2. The van der Waals surface area contributed by atoms with Crippen molar-refractivity contribution in [3.8, 4) is 11.4 Å². The number of aromatic carboxylic acids is 1. The van der Waals surface area contributed by atoms with Crippen LogP contribution in [0.15, 0.2) is 42.7 Å². The molecule has 0 atom stereocenters. The Morgan fingerprint density at radius 2 is 2.14 bits per heavy atom. The SMILES string of the molecule is COc1ccc(Cl)cc1-n1cnc2cccc(C(=O)O)c21. The lowest BCUT2D eigenvalue weighted by Crippen LogP contribution is -2.03. The lowest BCUT2D eigenvalue weighted by molar-refractivity contribution is 0.0698. The van der Waals surface area contributed by atoms with E-state index in [9.17, 15) is 9.90 Å². The quantitative estimate of drug-likeness (QED) is 0.805. The summed E-state index contributed by atoms with van der Waals surface area (Å²) in [7, 11) is 1.55. The van der Waals surface area contributed by atoms with E-state index in [0.29, 0.717) is 27.5 Å². The van der Waals surface area contributed by atoms with Gasteiger partial charge in [0, 0.05) is 5.02 Å². The highest BCUT2D eigenvalue weighted by molar-refractivity contribution is 6.30. The first-order chi connectivity index (χ1) is 10.1. The molecule has 1 aromatic heterocycles. The fourth-order valence-corrected chi connectivity index (χ4v) is 2.44. The van der Waals surface area contributed by atoms with Gasteiger partial charge in [0.05, 0.1) is 29.4 Å². The number of carbonyl (C=O) groups is 1. The lowest BCUT2D eigenvalue weighted by Gasteiger charge is -2.11. The highest BCUT2D eigenvalue weighted by Gasteiger charge is 2.16. The second-order valence-corrected chi connectivity index (χ2v) is 4.85. The van der Waals surface area contributed by atoms with E-state index in [0.717, 1.165) is 0 Å². The molecule has 0 aliphatic rings. The van der Waals surface area contributed by atoms with Crippen LogP contribution in [0.25, 0.3) is 16.7 Å². The Hall–Kier alpha value is -2.53. The molecule has 2 aromatic carbocycles. The van der Waals surface area contributed by atoms with E-state index in [1.807, 2.05) is 0 Å². The smallest absolute Gasteiger partial charge is 0.337 e. The number of para-hydroxylation sites is 1. The Balaban J connectivity index is 2.36. The number of hydrogen-bond donors (Lipinski definition) is 1. The molecule has 5 nitrogen and oxygen atoms in total. The second kappa shape index (κ2) is 5.10. The van der Waals surface area contributed by atoms with E-state index in [2.05, 4.69) is 4.98 Å². The summed E-state index contributed by atoms with van der Waals surface area (Å²) in [5.41, 5.74) is 1.91. The zero-order chi connectivity index (χ0) is 15.0. The number of carboxylic acid groups (broad SMARTS) is 1. The van der Waals surface area contributed by atoms with Crippen molar-refractivity contribution in [1.82, 2.24) is 9.55 Å². The van der Waals surface area contributed by atoms with Crippen LogP contribution in [0.4, 0.5) is 0 Å². The number of ether oxygens (including phenoxy) is 1. The molecular formula is C15H11ClN2O3. The highest BCUT2D eigenvalue weighted by atomic mass is 35.5. The van der Waals surface area contributed by atoms with Crippen LogP contribution in [0.3, 0.4) is 0 Å². The van der Waals surface area contributed by atoms with Gasteiger partial charge in [-0.3, -0.25) is 4.57 Å². The van der Waals surface area contributed by atoms with Crippen LogP contribution < -0.4 is 4.74 Å². The number of aromatic nitrogens is 2. The van der Waals surface area contributed by atoms with Gasteiger partial charge in [-0.15, -0.1) is 0 Å². The molecule has 1 heterocycles. The van der Waals surface area contributed by atoms with Gasteiger partial charge in [-0.1, -0.05) is 17.7 Å². The zero-order valence-corrected chi connectivity index (χ0v) is 11.8. The lowest BCUT2D eigenvalue weighted by atomic mass is 10.1. The monoisotopic (exact) mass is 302 g/mol. The third kappa shape index (κ3) is 2.21. The molecule has 0 unspecified atom stereocenters. The standard InChI is InChI=1S/C15H11ClN2O3/c1-21-13-6-5-9(16)7-12(13)18-8-17-11-4-2-3-10(14(11)18)15(19)20/h2-8H,1H3,(H,19,20). The minimum Gasteiger partial charge on any atom is -0.495 e. The first kappa shape index (κ1) is 13.5. The molecule has 3 aromatic rings. The first-order valence-electron chi connectivity index (χ1n) is 6.15. The molecule has 0 saturated heterocycles. The number of carboxylic acids is 1. The van der Waals surface area contributed by atoms with E-state index < -0.39 is 5.97 Å². The van der Waals surface area contributed by atoms with Gasteiger partial charge >= 0.3 is 5.97 Å². The van der Waals surface area contributed by atoms with Crippen molar-refractivity contribution < 1.29 is 14.6 Å². The molecule has 0 saturated carbocycles. The van der Waals surface area contributed by atoms with Crippen LogP contribution in [0.2, 0.25) is 5.02 Å². The molecule has 0 amide bonds. The van der Waals surface area contributed by atoms with E-state index in [-0.39, 0.29) is 5.56 Å². The predicted octanol–water partition coefficient (Wildman–Crippen LogP) is 3.39. The summed E-state index contributed by atoms with van der Waals surface area (Å²) >= 11 is 6.04. The van der Waals surface area contributed by atoms with Crippen LogP contribution in [-0.4, -0.2) is 27.7 Å². The van der Waals surface area contributed by atoms with Crippen LogP contribution in [0, 0.1) is 0 Å². The summed E-state index contributed by atoms with van der Waals surface area (Å²) < 4.78 is 6.99. The zero-order valence-electron chi connectivity index (χ0n) is 11.1. The fraction of sp³-hybridized carbons (Fsp3) is 0.0667. The Labute approximate surface area is 125 Å². The summed E-state index contributed by atoms with van der Waals surface area (Å²) in [4.78, 5) is 15.7. The summed E-state index contributed by atoms with van der Waals surface area (Å²) in [6.45, 7) is 0. The van der Waals surface area contributed by atoms with E-state index in [1.54, 1.807) is 54.4 Å². The summed E-state index contributed by atoms with van der Waals surface area (Å²) in [5.74, 6) is -0.428. The second-order valence-electron chi connectivity index (χ2n) is 4.41. The molecule has 0 radical (unpaired) electrons. The van der Waals surface area contributed by atoms with Crippen molar-refractivity contribution in [2.45, 2.75) is 0 Å². The first-order valence-corrected chi connectivity index (χ1v) is 6.53. The minimum absolute atomic E-state index is 0.173. The van der Waals surface area contributed by atoms with Gasteiger partial charge in [0.25, 0.3) is 0 Å². The Kier molecular flexibility index (Phi) is 3.27. The molecule has 0 spiro atoms. The molecule has 0 aliphatic heterocycles. The average molecular weight is 303 g/mol. The molecule has 1 N–H and O–H groups in total. The third-order valence-electron chi connectivity index (χ3n) is 3.20. The van der Waals surface area contributed by atoms with Gasteiger partial charge < -0.3 is 9.84 Å². The Morgan fingerprint density at radius 1 is 1.33 bits per heavy atom. The fourth-order valence-electron chi connectivity index (χ4n) is 2.27. The molecule has 106 valence electrons. The number of imidazole rings is 1. The number of hydrogen-bond acceptors (Lipinski definition) is 3. The van der Waals surface area contributed by atoms with Crippen molar-refractivity contribution in [3.63, 3.8) is 0 Å². The third-order valence-corrected chi connectivity index (χ3v) is 3.43. The van der Waals surface area contributed by atoms with Gasteiger partial charge in [-0.05, 0) is 30.3 Å². The number of halogens is 1. The number of rotatable bonds is 3. The minimum atomic E-state index is -1.01. The summed E-state index contributed by atoms with van der Waals surface area (Å²) in [6.07, 6.45) is 1.56. The molecule has 21 heavy (non-hydrogen) atoms. The highest BCUT2D eigenvalue weighted by Crippen LogP contribution is 2.30. The Morgan fingerprint density at radius 3 is 2.86 bits per heavy atom. The summed E-state index contributed by atoms with van der Waals surface area (Å²) in [5, 5.41) is 9.88. The molecule has 0 bridgehead atoms. The maximum Gasteiger partial charge on any atom is 0.337 e. The van der Waals surface area contributed by atoms with Crippen molar-refractivity contribution in [3.05, 3.63) is 53.3 Å². The van der Waals surface area contributed by atoms with Crippen LogP contribution in [0.5, 0.6) is 5.75 Å². The van der Waals surface area contributed by atoms with Gasteiger partial charge in [0.2, 0.25) is 0 Å². The Bertz CT molecular complexity index is 842. The molecule has 0 fully saturated rings. The predicted molar refractivity (Wildman–Crippen MR) is 79.6 cm³/mol. The molecule has 0 aliphatic carbocycles. The van der Waals surface area contributed by atoms with Gasteiger partial charge in [0.15, 0.2) is 0 Å². The summed E-state index contributed by atoms with van der Waals surface area (Å²) in [6, 6.07) is 10.1. The van der Waals surface area contributed by atoms with Crippen LogP contribution >= 0.6 is 11.6 Å². The topological polar surface area (TPSA) is 64.4 Å². The van der Waals surface area contributed by atoms with Crippen LogP contribution in [0.1, 0.15) is 10.4 Å². The maximum atomic E-state index is 11.4. The number of nitrogens with zero attached hydrogens (tertiary/aromatic N) is 2. The van der Waals surface area contributed by atoms with Gasteiger partial charge in [-0.2, -0.15) is 0 Å². The average Bonchev–Trinajstić information content (AvgIpc) is 2.90. The molecule has 6 heteroatoms. The van der Waals surface area contributed by atoms with Gasteiger partial charge in [0.1, 0.15) is 12.1 Å². The van der Waals surface area contributed by atoms with E-state index in [4.69, 9.17) is 16.3 Å². The van der Waals surface area contributed by atoms with Crippen LogP contribution in [-0.2, 0) is 0 Å². The van der Waals surface area contributed by atoms with Crippen molar-refractivity contribution in [2.24, 2.45) is 0 Å². The molecular weight excluding hydrogens is 292 g/mol.